The number of aliphatic hydroxyl groups is 2. The molecule has 5 aliphatic rings. The van der Waals surface area contributed by atoms with Crippen LogP contribution < -0.4 is 0 Å². The van der Waals surface area contributed by atoms with Crippen LogP contribution in [0.4, 0.5) is 0 Å². The van der Waals surface area contributed by atoms with Gasteiger partial charge in [0.25, 0.3) is 23.3 Å². The SMILES string of the molecule is C=C(OC#CO)C1CCCCC12OC(=O)C(=C/C=C/C=C/C1=C(O)OC3(CCC4(CC3)OC(=O)C(=C/C=C/C=C/C)C(=O)O4)OC1=O)C(=O)O2. The Kier molecular flexibility index (Phi) is 10.4. The molecule has 3 aliphatic heterocycles. The second-order valence-corrected chi connectivity index (χ2v) is 11.8. The summed E-state index contributed by atoms with van der Waals surface area (Å²) >= 11 is 0. The summed E-state index contributed by atoms with van der Waals surface area (Å²) in [7, 11) is 0. The lowest BCUT2D eigenvalue weighted by molar-refractivity contribution is -0.297. The van der Waals surface area contributed by atoms with Gasteiger partial charge >= 0.3 is 29.8 Å². The maximum absolute atomic E-state index is 12.9. The van der Waals surface area contributed by atoms with Crippen molar-refractivity contribution < 1.29 is 67.3 Å². The van der Waals surface area contributed by atoms with Gasteiger partial charge in [0.15, 0.2) is 12.2 Å². The molecule has 2 saturated carbocycles. The molecule has 0 aromatic heterocycles. The largest absolute Gasteiger partial charge is 0.480 e. The molecule has 0 bridgehead atoms. The van der Waals surface area contributed by atoms with Crippen molar-refractivity contribution in [2.45, 2.75) is 75.7 Å². The van der Waals surface area contributed by atoms with Crippen molar-refractivity contribution in [2.24, 2.45) is 5.92 Å². The minimum absolute atomic E-state index is 0.0527. The zero-order valence-corrected chi connectivity index (χ0v) is 27.0. The van der Waals surface area contributed by atoms with Gasteiger partial charge in [-0.15, -0.1) is 0 Å². The highest BCUT2D eigenvalue weighted by molar-refractivity contribution is 6.16. The Bertz CT molecular complexity index is 1700. The molecule has 14 nitrogen and oxygen atoms in total. The molecule has 2 N–H and O–H groups in total. The van der Waals surface area contributed by atoms with E-state index in [9.17, 15) is 29.1 Å². The third kappa shape index (κ3) is 7.36. The predicted octanol–water partition coefficient (Wildman–Crippen LogP) is 4.30. The second-order valence-electron chi connectivity index (χ2n) is 11.8. The third-order valence-electron chi connectivity index (χ3n) is 8.59. The van der Waals surface area contributed by atoms with Crippen molar-refractivity contribution in [2.75, 3.05) is 0 Å². The molecule has 2 saturated heterocycles. The highest BCUT2D eigenvalue weighted by Crippen LogP contribution is 2.46. The Hall–Kier alpha value is -5.97. The molecule has 262 valence electrons. The van der Waals surface area contributed by atoms with Gasteiger partial charge in [-0.25, -0.2) is 24.0 Å². The maximum atomic E-state index is 12.9. The number of allylic oxidation sites excluding steroid dienone is 9. The first-order valence-corrected chi connectivity index (χ1v) is 15.8. The van der Waals surface area contributed by atoms with Gasteiger partial charge in [0, 0.05) is 32.1 Å². The molecule has 1 unspecified atom stereocenters. The molecule has 0 aromatic rings. The highest BCUT2D eigenvalue weighted by atomic mass is 16.8. The average molecular weight is 691 g/mol. The molecule has 2 aliphatic carbocycles. The van der Waals surface area contributed by atoms with Crippen LogP contribution in [0.1, 0.15) is 58.3 Å². The number of carbonyl (C=O) groups is 5. The monoisotopic (exact) mass is 690 g/mol. The van der Waals surface area contributed by atoms with Crippen LogP contribution in [0.2, 0.25) is 0 Å². The minimum atomic E-state index is -1.61. The fourth-order valence-corrected chi connectivity index (χ4v) is 6.09. The van der Waals surface area contributed by atoms with Gasteiger partial charge in [0.1, 0.15) is 22.5 Å². The Labute approximate surface area is 286 Å². The van der Waals surface area contributed by atoms with Gasteiger partial charge in [-0.2, -0.15) is 0 Å². The van der Waals surface area contributed by atoms with E-state index in [1.54, 1.807) is 24.3 Å². The number of ether oxygens (including phenoxy) is 7. The van der Waals surface area contributed by atoms with Crippen molar-refractivity contribution in [1.82, 2.24) is 0 Å². The number of esters is 5. The lowest BCUT2D eigenvalue weighted by Crippen LogP contribution is -2.54. The van der Waals surface area contributed by atoms with E-state index in [4.69, 9.17) is 38.3 Å². The van der Waals surface area contributed by atoms with Crippen LogP contribution in [0.25, 0.3) is 0 Å². The summed E-state index contributed by atoms with van der Waals surface area (Å²) in [6.07, 6.45) is 19.8. The smallest absolute Gasteiger partial charge is 0.348 e. The Morgan fingerprint density at radius 3 is 1.84 bits per heavy atom. The molecular formula is C36H34O14. The first kappa shape index (κ1) is 35.3. The van der Waals surface area contributed by atoms with E-state index in [0.717, 1.165) is 6.42 Å². The molecule has 5 rings (SSSR count). The zero-order valence-electron chi connectivity index (χ0n) is 27.0. The molecule has 0 aromatic carbocycles. The van der Waals surface area contributed by atoms with Crippen LogP contribution in [0.15, 0.2) is 95.8 Å². The van der Waals surface area contributed by atoms with Crippen LogP contribution in [0.5, 0.6) is 0 Å². The van der Waals surface area contributed by atoms with Gasteiger partial charge in [-0.1, -0.05) is 55.5 Å². The van der Waals surface area contributed by atoms with Crippen molar-refractivity contribution in [3.63, 3.8) is 0 Å². The Balaban J connectivity index is 1.18. The van der Waals surface area contributed by atoms with Gasteiger partial charge < -0.3 is 43.4 Å². The quantitative estimate of drug-likeness (QED) is 0.0731. The normalized spacial score (nSPS) is 29.9. The molecule has 14 heteroatoms. The summed E-state index contributed by atoms with van der Waals surface area (Å²) in [4.78, 5) is 63.7. The van der Waals surface area contributed by atoms with E-state index in [-0.39, 0.29) is 54.6 Å². The van der Waals surface area contributed by atoms with Crippen molar-refractivity contribution in [3.8, 4) is 12.2 Å². The Morgan fingerprint density at radius 2 is 1.28 bits per heavy atom. The predicted molar refractivity (Wildman–Crippen MR) is 168 cm³/mol. The number of aliphatic hydroxyl groups excluding tert-OH is 2. The molecular weight excluding hydrogens is 656 g/mol. The number of rotatable bonds is 7. The van der Waals surface area contributed by atoms with E-state index in [2.05, 4.69) is 6.58 Å². The van der Waals surface area contributed by atoms with Crippen LogP contribution in [0, 0.1) is 18.1 Å². The van der Waals surface area contributed by atoms with E-state index in [1.165, 1.54) is 42.5 Å². The summed E-state index contributed by atoms with van der Waals surface area (Å²) in [5.74, 6) is -10.5. The molecule has 4 fully saturated rings. The summed E-state index contributed by atoms with van der Waals surface area (Å²) in [6, 6.07) is 0. The van der Waals surface area contributed by atoms with E-state index >= 15 is 0 Å². The van der Waals surface area contributed by atoms with Gasteiger partial charge in [0.2, 0.25) is 0 Å². The average Bonchev–Trinajstić information content (AvgIpc) is 3.07. The Morgan fingerprint density at radius 1 is 0.740 bits per heavy atom. The zero-order chi connectivity index (χ0) is 35.9. The summed E-state index contributed by atoms with van der Waals surface area (Å²) in [5, 5.41) is 19.3. The fourth-order valence-electron chi connectivity index (χ4n) is 6.09. The first-order valence-electron chi connectivity index (χ1n) is 15.8. The van der Waals surface area contributed by atoms with Crippen LogP contribution in [0.3, 0.4) is 0 Å². The third-order valence-corrected chi connectivity index (χ3v) is 8.59. The van der Waals surface area contributed by atoms with Crippen molar-refractivity contribution in [3.05, 3.63) is 95.8 Å². The van der Waals surface area contributed by atoms with Gasteiger partial charge in [0.05, 0.1) is 5.92 Å². The van der Waals surface area contributed by atoms with E-state index in [1.807, 2.05) is 13.0 Å². The number of hydrogen-bond donors (Lipinski definition) is 2. The molecule has 0 radical (unpaired) electrons. The summed E-state index contributed by atoms with van der Waals surface area (Å²) in [5.41, 5.74) is -0.948. The molecule has 0 amide bonds. The lowest BCUT2D eigenvalue weighted by Gasteiger charge is -2.46. The molecule has 3 spiro atoms. The van der Waals surface area contributed by atoms with Crippen molar-refractivity contribution in [1.29, 1.82) is 0 Å². The minimum Gasteiger partial charge on any atom is -0.480 e. The van der Waals surface area contributed by atoms with Gasteiger partial charge in [-0.05, 0) is 38.0 Å². The second kappa shape index (κ2) is 14.7. The van der Waals surface area contributed by atoms with Crippen molar-refractivity contribution >= 4 is 29.8 Å². The lowest BCUT2D eigenvalue weighted by atomic mass is 9.81. The topological polar surface area (TPSA) is 190 Å². The molecule has 3 heterocycles. The molecule has 1 atom stereocenters. The summed E-state index contributed by atoms with van der Waals surface area (Å²) < 4.78 is 38.4. The standard InChI is InChI=1S/C36H34O14/c1-3-4-5-7-12-24-28(38)45-34(46-29(24)39)17-19-35(20-18-34)47-30(40)25(31(41)48-35)13-8-6-9-14-26-32(42)49-36(50-33(26)43)16-11-10-15-27(36)23(2)44-22-21-37/h3-9,12-14,27,37,40H,2,10-11,15-20H2,1H3/b4-3+,7-5+,9-6+,13-8+,24-12?,26-14?. The van der Waals surface area contributed by atoms with Crippen LogP contribution >= 0.6 is 0 Å². The number of carbonyl (C=O) groups excluding carboxylic acids is 5. The van der Waals surface area contributed by atoms with E-state index < -0.39 is 59.1 Å². The highest BCUT2D eigenvalue weighted by Gasteiger charge is 2.56. The first-order chi connectivity index (χ1) is 24.0. The van der Waals surface area contributed by atoms with Gasteiger partial charge in [-0.3, -0.25) is 0 Å². The van der Waals surface area contributed by atoms with Crippen LogP contribution in [-0.2, 0) is 57.1 Å². The summed E-state index contributed by atoms with van der Waals surface area (Å²) in [6.45, 7) is 5.58. The van der Waals surface area contributed by atoms with E-state index in [0.29, 0.717) is 12.8 Å². The number of hydrogen-bond acceptors (Lipinski definition) is 14. The fraction of sp³-hybridized carbons (Fsp3) is 0.361. The molecule has 50 heavy (non-hydrogen) atoms. The maximum Gasteiger partial charge on any atom is 0.348 e. The van der Waals surface area contributed by atoms with Crippen LogP contribution in [-0.4, -0.2) is 57.4 Å².